The van der Waals surface area contributed by atoms with Crippen LogP contribution in [0.25, 0.3) is 5.69 Å². The lowest BCUT2D eigenvalue weighted by molar-refractivity contribution is -0.384. The predicted octanol–water partition coefficient (Wildman–Crippen LogP) is 1.97. The van der Waals surface area contributed by atoms with E-state index in [0.29, 0.717) is 5.69 Å². The van der Waals surface area contributed by atoms with Crippen LogP contribution in [0.4, 0.5) is 5.69 Å². The molecule has 0 aliphatic carbocycles. The molecular formula is C19H20N4O7. The molecule has 11 nitrogen and oxygen atoms in total. The molecule has 158 valence electrons. The van der Waals surface area contributed by atoms with Crippen molar-refractivity contribution in [3.05, 3.63) is 57.9 Å². The zero-order valence-electron chi connectivity index (χ0n) is 16.5. The van der Waals surface area contributed by atoms with E-state index in [0.717, 1.165) is 5.56 Å². The lowest BCUT2D eigenvalue weighted by Gasteiger charge is -2.30. The Morgan fingerprint density at radius 1 is 1.27 bits per heavy atom. The molecule has 0 unspecified atom stereocenters. The Morgan fingerprint density at radius 3 is 2.70 bits per heavy atom. The summed E-state index contributed by atoms with van der Waals surface area (Å²) in [5, 5.41) is 19.4. The number of nitro benzene ring substituents is 1. The number of aromatic nitrogens is 3. The first kappa shape index (κ1) is 21.1. The summed E-state index contributed by atoms with van der Waals surface area (Å²) in [5.74, 6) is -0.999. The Labute approximate surface area is 171 Å². The van der Waals surface area contributed by atoms with Crippen LogP contribution in [0.1, 0.15) is 31.2 Å². The Hall–Kier alpha value is -3.60. The molecule has 0 amide bonds. The fraction of sp³-hybridized carbons (Fsp3) is 0.368. The van der Waals surface area contributed by atoms with E-state index in [1.807, 2.05) is 0 Å². The van der Waals surface area contributed by atoms with Gasteiger partial charge in [-0.3, -0.25) is 19.7 Å². The summed E-state index contributed by atoms with van der Waals surface area (Å²) in [5.41, 5.74) is 1.29. The van der Waals surface area contributed by atoms with Crippen molar-refractivity contribution in [1.82, 2.24) is 15.0 Å². The number of hydrogen-bond donors (Lipinski definition) is 0. The SMILES string of the molecule is CC(=O)OC[C@H]1O[C@H](c2cn(-c3ccc(C)cc3[N+](=O)[O-])nn2)C=C[C@@H]1OC(C)=O. The molecule has 0 N–H and O–H groups in total. The third-order valence-electron chi connectivity index (χ3n) is 4.29. The van der Waals surface area contributed by atoms with E-state index in [9.17, 15) is 19.7 Å². The van der Waals surface area contributed by atoms with Gasteiger partial charge in [-0.1, -0.05) is 11.3 Å². The average molecular weight is 416 g/mol. The van der Waals surface area contributed by atoms with Gasteiger partial charge < -0.3 is 14.2 Å². The van der Waals surface area contributed by atoms with E-state index in [1.54, 1.807) is 31.2 Å². The third-order valence-corrected chi connectivity index (χ3v) is 4.29. The van der Waals surface area contributed by atoms with E-state index in [2.05, 4.69) is 10.3 Å². The highest BCUT2D eigenvalue weighted by Gasteiger charge is 2.32. The highest BCUT2D eigenvalue weighted by atomic mass is 16.6. The lowest BCUT2D eigenvalue weighted by Crippen LogP contribution is -2.39. The number of hydrogen-bond acceptors (Lipinski definition) is 9. The summed E-state index contributed by atoms with van der Waals surface area (Å²) in [6.45, 7) is 4.17. The van der Waals surface area contributed by atoms with Crippen LogP contribution in [-0.4, -0.2) is 50.7 Å². The van der Waals surface area contributed by atoms with Crippen molar-refractivity contribution < 1.29 is 28.7 Å². The van der Waals surface area contributed by atoms with E-state index in [1.165, 1.54) is 30.8 Å². The molecule has 2 heterocycles. The molecule has 3 rings (SSSR count). The van der Waals surface area contributed by atoms with Gasteiger partial charge in [0.15, 0.2) is 0 Å². The summed E-state index contributed by atoms with van der Waals surface area (Å²) in [7, 11) is 0. The number of rotatable bonds is 6. The van der Waals surface area contributed by atoms with Crippen molar-refractivity contribution in [1.29, 1.82) is 0 Å². The van der Waals surface area contributed by atoms with E-state index < -0.39 is 35.2 Å². The standard InChI is InChI=1S/C19H20N4O7/c1-11-4-5-15(16(8-11)23(26)27)22-9-14(20-21-22)17-6-7-18(29-13(3)25)19(30-17)10-28-12(2)24/h4-9,17-19H,10H2,1-3H3/t17-,18-,19+/m0/s1. The Bertz CT molecular complexity index is 1000. The minimum absolute atomic E-state index is 0.103. The Kier molecular flexibility index (Phi) is 6.21. The van der Waals surface area contributed by atoms with Crippen LogP contribution >= 0.6 is 0 Å². The van der Waals surface area contributed by atoms with Crippen molar-refractivity contribution in [2.45, 2.75) is 39.1 Å². The van der Waals surface area contributed by atoms with E-state index in [-0.39, 0.29) is 18.0 Å². The molecule has 11 heteroatoms. The van der Waals surface area contributed by atoms with Gasteiger partial charge in [0.25, 0.3) is 5.69 Å². The van der Waals surface area contributed by atoms with E-state index in [4.69, 9.17) is 14.2 Å². The number of nitrogens with zero attached hydrogens (tertiary/aromatic N) is 4. The van der Waals surface area contributed by atoms with Gasteiger partial charge in [-0.25, -0.2) is 4.68 Å². The zero-order valence-corrected chi connectivity index (χ0v) is 16.5. The Morgan fingerprint density at radius 2 is 2.03 bits per heavy atom. The predicted molar refractivity (Wildman–Crippen MR) is 102 cm³/mol. The number of esters is 2. The maximum Gasteiger partial charge on any atom is 0.303 e. The van der Waals surface area contributed by atoms with Gasteiger partial charge in [-0.2, -0.15) is 0 Å². The van der Waals surface area contributed by atoms with Crippen LogP contribution in [0.5, 0.6) is 0 Å². The first-order valence-electron chi connectivity index (χ1n) is 9.06. The monoisotopic (exact) mass is 416 g/mol. The number of nitro groups is 1. The quantitative estimate of drug-likeness (QED) is 0.299. The Balaban J connectivity index is 1.85. The topological polar surface area (TPSA) is 136 Å². The van der Waals surface area contributed by atoms with Crippen molar-refractivity contribution >= 4 is 17.6 Å². The van der Waals surface area contributed by atoms with Crippen molar-refractivity contribution in [2.24, 2.45) is 0 Å². The second-order valence-corrected chi connectivity index (χ2v) is 6.69. The summed E-state index contributed by atoms with van der Waals surface area (Å²) in [4.78, 5) is 33.4. The molecule has 0 spiro atoms. The molecule has 0 fully saturated rings. The number of aryl methyl sites for hydroxylation is 1. The molecule has 1 aliphatic rings. The number of carbonyl (C=O) groups is 2. The summed E-state index contributed by atoms with van der Waals surface area (Å²) >= 11 is 0. The van der Waals surface area contributed by atoms with Crippen LogP contribution < -0.4 is 0 Å². The van der Waals surface area contributed by atoms with Crippen LogP contribution in [0.2, 0.25) is 0 Å². The molecule has 0 saturated heterocycles. The van der Waals surface area contributed by atoms with Gasteiger partial charge in [-0.05, 0) is 30.7 Å². The fourth-order valence-corrected chi connectivity index (χ4v) is 2.95. The third kappa shape index (κ3) is 4.87. The van der Waals surface area contributed by atoms with Gasteiger partial charge in [0, 0.05) is 19.9 Å². The van der Waals surface area contributed by atoms with E-state index >= 15 is 0 Å². The molecule has 1 aromatic carbocycles. The minimum atomic E-state index is -0.744. The van der Waals surface area contributed by atoms with Crippen LogP contribution in [-0.2, 0) is 23.8 Å². The molecule has 1 aromatic heterocycles. The number of carbonyl (C=O) groups excluding carboxylic acids is 2. The normalized spacial score (nSPS) is 20.6. The molecule has 3 atom stereocenters. The van der Waals surface area contributed by atoms with Crippen LogP contribution in [0.3, 0.4) is 0 Å². The molecule has 0 bridgehead atoms. The molecule has 0 radical (unpaired) electrons. The largest absolute Gasteiger partial charge is 0.463 e. The van der Waals surface area contributed by atoms with Crippen molar-refractivity contribution in [3.63, 3.8) is 0 Å². The molecule has 30 heavy (non-hydrogen) atoms. The second-order valence-electron chi connectivity index (χ2n) is 6.69. The molecular weight excluding hydrogens is 396 g/mol. The summed E-state index contributed by atoms with van der Waals surface area (Å²) < 4.78 is 17.4. The summed E-state index contributed by atoms with van der Waals surface area (Å²) in [6, 6.07) is 4.77. The molecule has 1 aliphatic heterocycles. The van der Waals surface area contributed by atoms with Gasteiger partial charge in [0.05, 0.1) is 11.1 Å². The maximum absolute atomic E-state index is 11.4. The fourth-order valence-electron chi connectivity index (χ4n) is 2.95. The van der Waals surface area contributed by atoms with Crippen LogP contribution in [0.15, 0.2) is 36.5 Å². The van der Waals surface area contributed by atoms with Gasteiger partial charge >= 0.3 is 11.9 Å². The molecule has 2 aromatic rings. The molecule has 0 saturated carbocycles. The highest BCUT2D eigenvalue weighted by molar-refractivity contribution is 5.67. The first-order chi connectivity index (χ1) is 14.2. The number of ether oxygens (including phenoxy) is 3. The van der Waals surface area contributed by atoms with Gasteiger partial charge in [0.1, 0.15) is 36.3 Å². The first-order valence-corrected chi connectivity index (χ1v) is 9.06. The smallest absolute Gasteiger partial charge is 0.303 e. The highest BCUT2D eigenvalue weighted by Crippen LogP contribution is 2.29. The lowest BCUT2D eigenvalue weighted by atomic mass is 10.1. The van der Waals surface area contributed by atoms with Gasteiger partial charge in [-0.15, -0.1) is 5.10 Å². The minimum Gasteiger partial charge on any atom is -0.463 e. The zero-order chi connectivity index (χ0) is 21.8. The average Bonchev–Trinajstić information content (AvgIpc) is 3.16. The van der Waals surface area contributed by atoms with Crippen molar-refractivity contribution in [2.75, 3.05) is 6.61 Å². The summed E-state index contributed by atoms with van der Waals surface area (Å²) in [6.07, 6.45) is 2.63. The maximum atomic E-state index is 11.4. The van der Waals surface area contributed by atoms with Gasteiger partial charge in [0.2, 0.25) is 0 Å². The number of benzene rings is 1. The van der Waals surface area contributed by atoms with Crippen LogP contribution in [0, 0.1) is 17.0 Å². The second kappa shape index (κ2) is 8.82. The van der Waals surface area contributed by atoms with Crippen molar-refractivity contribution in [3.8, 4) is 5.69 Å².